The molecule has 0 amide bonds. The third-order valence-electron chi connectivity index (χ3n) is 3.51. The summed E-state index contributed by atoms with van der Waals surface area (Å²) in [5.74, 6) is 0.833. The molecule has 0 radical (unpaired) electrons. The minimum absolute atomic E-state index is 0.318. The van der Waals surface area contributed by atoms with Crippen molar-refractivity contribution in [3.05, 3.63) is 23.2 Å². The molecule has 0 bridgehead atoms. The van der Waals surface area contributed by atoms with Crippen LogP contribution in [0.1, 0.15) is 25.5 Å². The number of halogens is 1. The van der Waals surface area contributed by atoms with Gasteiger partial charge in [-0.05, 0) is 43.4 Å². The second-order valence-corrected chi connectivity index (χ2v) is 5.20. The minimum atomic E-state index is 0.318. The van der Waals surface area contributed by atoms with Gasteiger partial charge in [0.2, 0.25) is 5.28 Å². The monoisotopic (exact) mass is 269 g/mol. The van der Waals surface area contributed by atoms with E-state index in [4.69, 9.17) is 16.3 Å². The molecule has 4 nitrogen and oxygen atoms in total. The summed E-state index contributed by atoms with van der Waals surface area (Å²) >= 11 is 5.82. The van der Waals surface area contributed by atoms with Crippen molar-refractivity contribution in [2.24, 2.45) is 5.92 Å². The summed E-state index contributed by atoms with van der Waals surface area (Å²) in [5.41, 5.74) is 0.971. The average Bonchev–Trinajstić information content (AvgIpc) is 3.18. The van der Waals surface area contributed by atoms with Crippen LogP contribution in [0.2, 0.25) is 5.28 Å². The SMILES string of the molecule is COCCN(Cc1ccnc(Cl)n1)C(C)C1CC1. The van der Waals surface area contributed by atoms with Crippen LogP contribution in [0.5, 0.6) is 0 Å². The molecule has 1 aromatic rings. The van der Waals surface area contributed by atoms with Gasteiger partial charge in [-0.15, -0.1) is 0 Å². The van der Waals surface area contributed by atoms with E-state index in [2.05, 4.69) is 21.8 Å². The van der Waals surface area contributed by atoms with Gasteiger partial charge in [0.15, 0.2) is 0 Å². The molecular weight excluding hydrogens is 250 g/mol. The first-order valence-corrected chi connectivity index (χ1v) is 6.79. The molecule has 1 atom stereocenters. The molecule has 0 saturated heterocycles. The Hall–Kier alpha value is -0.710. The quantitative estimate of drug-likeness (QED) is 0.713. The second kappa shape index (κ2) is 6.45. The van der Waals surface area contributed by atoms with Gasteiger partial charge in [0, 0.05) is 32.4 Å². The van der Waals surface area contributed by atoms with E-state index in [1.807, 2.05) is 6.07 Å². The molecule has 1 aliphatic rings. The molecule has 0 aliphatic heterocycles. The number of ether oxygens (including phenoxy) is 1. The molecular formula is C13H20ClN3O. The molecule has 1 heterocycles. The summed E-state index contributed by atoms with van der Waals surface area (Å²) < 4.78 is 5.18. The number of hydrogen-bond donors (Lipinski definition) is 0. The lowest BCUT2D eigenvalue weighted by Crippen LogP contribution is -2.36. The molecule has 1 unspecified atom stereocenters. The summed E-state index contributed by atoms with van der Waals surface area (Å²) in [5, 5.41) is 0.318. The predicted molar refractivity (Wildman–Crippen MR) is 71.5 cm³/mol. The number of rotatable bonds is 7. The molecule has 1 aliphatic carbocycles. The van der Waals surface area contributed by atoms with E-state index >= 15 is 0 Å². The first kappa shape index (κ1) is 13.7. The van der Waals surface area contributed by atoms with Crippen LogP contribution in [0.4, 0.5) is 0 Å². The number of nitrogens with zero attached hydrogens (tertiary/aromatic N) is 3. The molecule has 1 aromatic heterocycles. The molecule has 100 valence electrons. The van der Waals surface area contributed by atoms with E-state index in [0.29, 0.717) is 11.3 Å². The minimum Gasteiger partial charge on any atom is -0.383 e. The second-order valence-electron chi connectivity index (χ2n) is 4.86. The maximum absolute atomic E-state index is 5.82. The molecule has 5 heteroatoms. The maximum atomic E-state index is 5.82. The van der Waals surface area contributed by atoms with Gasteiger partial charge in [0.05, 0.1) is 12.3 Å². The van der Waals surface area contributed by atoms with Gasteiger partial charge in [-0.25, -0.2) is 9.97 Å². The Kier molecular flexibility index (Phi) is 4.92. The topological polar surface area (TPSA) is 38.2 Å². The zero-order valence-corrected chi connectivity index (χ0v) is 11.7. The van der Waals surface area contributed by atoms with Crippen LogP contribution >= 0.6 is 11.6 Å². The van der Waals surface area contributed by atoms with Crippen LogP contribution in [0.15, 0.2) is 12.3 Å². The highest BCUT2D eigenvalue weighted by Crippen LogP contribution is 2.35. The largest absolute Gasteiger partial charge is 0.383 e. The van der Waals surface area contributed by atoms with E-state index in [1.54, 1.807) is 13.3 Å². The molecule has 18 heavy (non-hydrogen) atoms. The fourth-order valence-corrected chi connectivity index (χ4v) is 2.34. The summed E-state index contributed by atoms with van der Waals surface area (Å²) in [6.45, 7) is 4.77. The van der Waals surface area contributed by atoms with E-state index in [-0.39, 0.29) is 0 Å². The molecule has 2 rings (SSSR count). The highest BCUT2D eigenvalue weighted by Gasteiger charge is 2.31. The van der Waals surface area contributed by atoms with Gasteiger partial charge < -0.3 is 4.74 Å². The van der Waals surface area contributed by atoms with Crippen molar-refractivity contribution in [2.45, 2.75) is 32.4 Å². The van der Waals surface area contributed by atoms with Crippen LogP contribution in [0.25, 0.3) is 0 Å². The van der Waals surface area contributed by atoms with Crippen molar-refractivity contribution < 1.29 is 4.74 Å². The van der Waals surface area contributed by atoms with Crippen molar-refractivity contribution in [3.63, 3.8) is 0 Å². The third kappa shape index (κ3) is 3.90. The summed E-state index contributed by atoms with van der Waals surface area (Å²) in [4.78, 5) is 10.6. The lowest BCUT2D eigenvalue weighted by atomic mass is 10.1. The predicted octanol–water partition coefficient (Wildman–Crippen LogP) is 2.38. The van der Waals surface area contributed by atoms with Crippen molar-refractivity contribution in [1.82, 2.24) is 14.9 Å². The molecule has 0 N–H and O–H groups in total. The first-order valence-electron chi connectivity index (χ1n) is 6.41. The van der Waals surface area contributed by atoms with Crippen LogP contribution in [-0.2, 0) is 11.3 Å². The Bertz CT molecular complexity index is 384. The number of hydrogen-bond acceptors (Lipinski definition) is 4. The van der Waals surface area contributed by atoms with Crippen LogP contribution in [0, 0.1) is 5.92 Å². The lowest BCUT2D eigenvalue weighted by Gasteiger charge is -2.28. The smallest absolute Gasteiger partial charge is 0.222 e. The van der Waals surface area contributed by atoms with Gasteiger partial charge >= 0.3 is 0 Å². The van der Waals surface area contributed by atoms with Crippen molar-refractivity contribution in [2.75, 3.05) is 20.3 Å². The number of aromatic nitrogens is 2. The Morgan fingerprint density at radius 3 is 2.94 bits per heavy atom. The lowest BCUT2D eigenvalue weighted by molar-refractivity contribution is 0.110. The van der Waals surface area contributed by atoms with Gasteiger partial charge in [0.1, 0.15) is 0 Å². The third-order valence-corrected chi connectivity index (χ3v) is 3.69. The fraction of sp³-hybridized carbons (Fsp3) is 0.692. The molecule has 1 saturated carbocycles. The maximum Gasteiger partial charge on any atom is 0.222 e. The Morgan fingerprint density at radius 2 is 2.33 bits per heavy atom. The Labute approximate surface area is 113 Å². The van der Waals surface area contributed by atoms with E-state index in [1.165, 1.54) is 12.8 Å². The number of methoxy groups -OCH3 is 1. The van der Waals surface area contributed by atoms with Gasteiger partial charge in [-0.3, -0.25) is 4.90 Å². The highest BCUT2D eigenvalue weighted by atomic mass is 35.5. The highest BCUT2D eigenvalue weighted by molar-refractivity contribution is 6.28. The van der Waals surface area contributed by atoms with E-state index < -0.39 is 0 Å². The standard InChI is InChI=1S/C13H20ClN3O/c1-10(11-3-4-11)17(7-8-18-2)9-12-5-6-15-13(14)16-12/h5-6,10-11H,3-4,7-9H2,1-2H3. The van der Waals surface area contributed by atoms with Crippen molar-refractivity contribution in [1.29, 1.82) is 0 Å². The van der Waals surface area contributed by atoms with Crippen LogP contribution in [-0.4, -0.2) is 41.2 Å². The van der Waals surface area contributed by atoms with Gasteiger partial charge in [0.25, 0.3) is 0 Å². The first-order chi connectivity index (χ1) is 8.70. The van der Waals surface area contributed by atoms with Gasteiger partial charge in [-0.2, -0.15) is 0 Å². The molecule has 0 aromatic carbocycles. The van der Waals surface area contributed by atoms with Gasteiger partial charge in [-0.1, -0.05) is 0 Å². The fourth-order valence-electron chi connectivity index (χ4n) is 2.18. The normalized spacial score (nSPS) is 17.1. The van der Waals surface area contributed by atoms with Crippen LogP contribution < -0.4 is 0 Å². The van der Waals surface area contributed by atoms with E-state index in [9.17, 15) is 0 Å². The molecule has 1 fully saturated rings. The summed E-state index contributed by atoms with van der Waals surface area (Å²) in [6, 6.07) is 2.50. The van der Waals surface area contributed by atoms with Crippen LogP contribution in [0.3, 0.4) is 0 Å². The molecule has 0 spiro atoms. The van der Waals surface area contributed by atoms with Crippen molar-refractivity contribution in [3.8, 4) is 0 Å². The summed E-state index contributed by atoms with van der Waals surface area (Å²) in [6.07, 6.45) is 4.39. The zero-order chi connectivity index (χ0) is 13.0. The van der Waals surface area contributed by atoms with Crippen molar-refractivity contribution >= 4 is 11.6 Å². The Balaban J connectivity index is 1.99. The zero-order valence-electron chi connectivity index (χ0n) is 11.0. The summed E-state index contributed by atoms with van der Waals surface area (Å²) in [7, 11) is 1.74. The van der Waals surface area contributed by atoms with E-state index in [0.717, 1.165) is 31.3 Å². The Morgan fingerprint density at radius 1 is 1.56 bits per heavy atom. The average molecular weight is 270 g/mol.